The van der Waals surface area contributed by atoms with E-state index in [0.717, 1.165) is 42.2 Å². The second kappa shape index (κ2) is 5.07. The molecule has 18 heavy (non-hydrogen) atoms. The SMILES string of the molecule is C[C@@H]1CNCCN1Cc1cc2c(cc1Br)OCO2. The Morgan fingerprint density at radius 1 is 1.39 bits per heavy atom. The van der Waals surface area contributed by atoms with Crippen LogP contribution in [-0.2, 0) is 6.54 Å². The van der Waals surface area contributed by atoms with E-state index in [1.165, 1.54) is 5.56 Å². The van der Waals surface area contributed by atoms with Gasteiger partial charge in [-0.3, -0.25) is 4.90 Å². The summed E-state index contributed by atoms with van der Waals surface area (Å²) in [5.74, 6) is 1.69. The molecule has 0 bridgehead atoms. The summed E-state index contributed by atoms with van der Waals surface area (Å²) in [4.78, 5) is 2.48. The number of nitrogens with one attached hydrogen (secondary N) is 1. The molecule has 5 heteroatoms. The monoisotopic (exact) mass is 312 g/mol. The van der Waals surface area contributed by atoms with Crippen molar-refractivity contribution in [3.8, 4) is 11.5 Å². The Hall–Kier alpha value is -0.780. The number of fused-ring (bicyclic) bond motifs is 1. The molecular formula is C13H17BrN2O2. The number of nitrogens with zero attached hydrogens (tertiary/aromatic N) is 1. The van der Waals surface area contributed by atoms with Crippen LogP contribution in [0.5, 0.6) is 11.5 Å². The van der Waals surface area contributed by atoms with Crippen molar-refractivity contribution in [3.63, 3.8) is 0 Å². The van der Waals surface area contributed by atoms with Crippen molar-refractivity contribution in [2.24, 2.45) is 0 Å². The summed E-state index contributed by atoms with van der Waals surface area (Å²) in [5.41, 5.74) is 1.26. The third-order valence-electron chi connectivity index (χ3n) is 3.55. The highest BCUT2D eigenvalue weighted by molar-refractivity contribution is 9.10. The van der Waals surface area contributed by atoms with Gasteiger partial charge >= 0.3 is 0 Å². The van der Waals surface area contributed by atoms with Crippen LogP contribution in [0.1, 0.15) is 12.5 Å². The molecule has 1 aromatic carbocycles. The number of benzene rings is 1. The van der Waals surface area contributed by atoms with Gasteiger partial charge in [0.15, 0.2) is 11.5 Å². The normalized spacial score (nSPS) is 23.3. The molecule has 0 aliphatic carbocycles. The van der Waals surface area contributed by atoms with Crippen molar-refractivity contribution in [2.75, 3.05) is 26.4 Å². The predicted octanol–water partition coefficient (Wildman–Crippen LogP) is 1.97. The van der Waals surface area contributed by atoms with Crippen LogP contribution in [0.4, 0.5) is 0 Å². The summed E-state index contributed by atoms with van der Waals surface area (Å²) in [7, 11) is 0. The fourth-order valence-corrected chi connectivity index (χ4v) is 2.86. The van der Waals surface area contributed by atoms with Crippen LogP contribution in [-0.4, -0.2) is 37.4 Å². The van der Waals surface area contributed by atoms with Crippen molar-refractivity contribution in [1.29, 1.82) is 0 Å². The van der Waals surface area contributed by atoms with E-state index in [9.17, 15) is 0 Å². The standard InChI is InChI=1S/C13H17BrN2O2/c1-9-6-15-2-3-16(9)7-10-4-12-13(5-11(10)14)18-8-17-12/h4-5,9,15H,2-3,6-8H2,1H3/t9-/m1/s1. The van der Waals surface area contributed by atoms with Gasteiger partial charge in [-0.1, -0.05) is 15.9 Å². The van der Waals surface area contributed by atoms with Crippen LogP contribution in [0, 0.1) is 0 Å². The van der Waals surface area contributed by atoms with Crippen molar-refractivity contribution < 1.29 is 9.47 Å². The van der Waals surface area contributed by atoms with Gasteiger partial charge in [0.25, 0.3) is 0 Å². The van der Waals surface area contributed by atoms with Crippen LogP contribution in [0.15, 0.2) is 16.6 Å². The van der Waals surface area contributed by atoms with Crippen molar-refractivity contribution in [2.45, 2.75) is 19.5 Å². The number of piperazine rings is 1. The molecule has 1 fully saturated rings. The fraction of sp³-hybridized carbons (Fsp3) is 0.538. The smallest absolute Gasteiger partial charge is 0.231 e. The molecule has 2 heterocycles. The second-order valence-electron chi connectivity index (χ2n) is 4.82. The minimum absolute atomic E-state index is 0.329. The van der Waals surface area contributed by atoms with Gasteiger partial charge in [-0.2, -0.15) is 0 Å². The Morgan fingerprint density at radius 3 is 2.94 bits per heavy atom. The second-order valence-corrected chi connectivity index (χ2v) is 5.67. The first-order chi connectivity index (χ1) is 8.74. The average molecular weight is 313 g/mol. The van der Waals surface area contributed by atoms with Gasteiger partial charge in [-0.25, -0.2) is 0 Å². The zero-order valence-corrected chi connectivity index (χ0v) is 12.0. The first kappa shape index (κ1) is 12.3. The summed E-state index contributed by atoms with van der Waals surface area (Å²) in [6.07, 6.45) is 0. The maximum Gasteiger partial charge on any atom is 0.231 e. The van der Waals surface area contributed by atoms with Crippen LogP contribution < -0.4 is 14.8 Å². The zero-order chi connectivity index (χ0) is 12.5. The van der Waals surface area contributed by atoms with E-state index in [4.69, 9.17) is 9.47 Å². The van der Waals surface area contributed by atoms with E-state index in [-0.39, 0.29) is 0 Å². The van der Waals surface area contributed by atoms with Gasteiger partial charge in [-0.05, 0) is 24.6 Å². The van der Waals surface area contributed by atoms with Crippen molar-refractivity contribution in [1.82, 2.24) is 10.2 Å². The molecule has 0 radical (unpaired) electrons. The van der Waals surface area contributed by atoms with Crippen molar-refractivity contribution in [3.05, 3.63) is 22.2 Å². The Balaban J connectivity index is 1.79. The van der Waals surface area contributed by atoms with Crippen molar-refractivity contribution >= 4 is 15.9 Å². The molecule has 2 aliphatic rings. The molecule has 0 spiro atoms. The van der Waals surface area contributed by atoms with Crippen LogP contribution in [0.3, 0.4) is 0 Å². The van der Waals surface area contributed by atoms with Gasteiger partial charge in [0, 0.05) is 36.7 Å². The van der Waals surface area contributed by atoms with E-state index in [1.54, 1.807) is 0 Å². The van der Waals surface area contributed by atoms with Gasteiger partial charge < -0.3 is 14.8 Å². The highest BCUT2D eigenvalue weighted by Crippen LogP contribution is 2.37. The number of ether oxygens (including phenoxy) is 2. The summed E-state index contributed by atoms with van der Waals surface area (Å²) in [5, 5.41) is 3.41. The highest BCUT2D eigenvalue weighted by Gasteiger charge is 2.21. The lowest BCUT2D eigenvalue weighted by Gasteiger charge is -2.34. The lowest BCUT2D eigenvalue weighted by atomic mass is 10.1. The van der Waals surface area contributed by atoms with Crippen LogP contribution in [0.2, 0.25) is 0 Å². The molecule has 1 aromatic rings. The molecule has 98 valence electrons. The predicted molar refractivity (Wildman–Crippen MR) is 73.0 cm³/mol. The number of hydrogen-bond acceptors (Lipinski definition) is 4. The van der Waals surface area contributed by atoms with E-state index in [2.05, 4.69) is 39.1 Å². The summed E-state index contributed by atoms with van der Waals surface area (Å²) >= 11 is 3.62. The largest absolute Gasteiger partial charge is 0.454 e. The Labute approximate surface area is 115 Å². The lowest BCUT2D eigenvalue weighted by molar-refractivity contribution is 0.164. The van der Waals surface area contributed by atoms with E-state index >= 15 is 0 Å². The average Bonchev–Trinajstić information content (AvgIpc) is 2.79. The summed E-state index contributed by atoms with van der Waals surface area (Å²) in [6.45, 7) is 6.74. The molecule has 2 aliphatic heterocycles. The summed E-state index contributed by atoms with van der Waals surface area (Å²) < 4.78 is 11.9. The topological polar surface area (TPSA) is 33.7 Å². The van der Waals surface area contributed by atoms with Crippen LogP contribution >= 0.6 is 15.9 Å². The molecule has 0 saturated carbocycles. The third kappa shape index (κ3) is 2.35. The number of rotatable bonds is 2. The van der Waals surface area contributed by atoms with Crippen LogP contribution in [0.25, 0.3) is 0 Å². The minimum Gasteiger partial charge on any atom is -0.454 e. The van der Waals surface area contributed by atoms with Gasteiger partial charge in [0.05, 0.1) is 0 Å². The molecule has 4 nitrogen and oxygen atoms in total. The molecular weight excluding hydrogens is 296 g/mol. The lowest BCUT2D eigenvalue weighted by Crippen LogP contribution is -2.49. The molecule has 0 amide bonds. The number of hydrogen-bond donors (Lipinski definition) is 1. The fourth-order valence-electron chi connectivity index (χ4n) is 2.42. The quantitative estimate of drug-likeness (QED) is 0.905. The first-order valence-corrected chi connectivity index (χ1v) is 7.06. The molecule has 0 aromatic heterocycles. The van der Waals surface area contributed by atoms with E-state index in [0.29, 0.717) is 12.8 Å². The Bertz CT molecular complexity index is 453. The van der Waals surface area contributed by atoms with E-state index < -0.39 is 0 Å². The Morgan fingerprint density at radius 2 is 2.17 bits per heavy atom. The maximum atomic E-state index is 5.44. The molecule has 3 rings (SSSR count). The number of halogens is 1. The molecule has 1 atom stereocenters. The van der Waals surface area contributed by atoms with Gasteiger partial charge in [0.2, 0.25) is 6.79 Å². The first-order valence-electron chi connectivity index (χ1n) is 6.27. The minimum atomic E-state index is 0.329. The van der Waals surface area contributed by atoms with Gasteiger partial charge in [-0.15, -0.1) is 0 Å². The van der Waals surface area contributed by atoms with Gasteiger partial charge in [0.1, 0.15) is 0 Å². The molecule has 0 unspecified atom stereocenters. The molecule has 1 N–H and O–H groups in total. The zero-order valence-electron chi connectivity index (χ0n) is 10.4. The summed E-state index contributed by atoms with van der Waals surface area (Å²) in [6, 6.07) is 4.65. The third-order valence-corrected chi connectivity index (χ3v) is 4.29. The molecule has 1 saturated heterocycles. The maximum absolute atomic E-state index is 5.44. The van der Waals surface area contributed by atoms with E-state index in [1.807, 2.05) is 6.07 Å². The highest BCUT2D eigenvalue weighted by atomic mass is 79.9. The Kier molecular flexibility index (Phi) is 3.46.